The Morgan fingerprint density at radius 1 is 0.850 bits per heavy atom. The van der Waals surface area contributed by atoms with Crippen LogP contribution in [0.5, 0.6) is 0 Å². The van der Waals surface area contributed by atoms with Crippen molar-refractivity contribution in [2.75, 3.05) is 19.8 Å². The van der Waals surface area contributed by atoms with Crippen LogP contribution in [0, 0.1) is 11.5 Å². The van der Waals surface area contributed by atoms with Crippen LogP contribution in [0.4, 0.5) is 0 Å². The van der Waals surface area contributed by atoms with Crippen LogP contribution in [0.2, 0.25) is 0 Å². The van der Waals surface area contributed by atoms with E-state index < -0.39 is 0 Å². The predicted octanol–water partition coefficient (Wildman–Crippen LogP) is 3.11. The Morgan fingerprint density at radius 2 is 1.10 bits per heavy atom. The predicted molar refractivity (Wildman–Crippen MR) is 82.9 cm³/mol. The Hall–Kier alpha value is 0.243. The molecule has 0 aromatic heterocycles. The third-order valence-corrected chi connectivity index (χ3v) is 2.56. The number of aliphatic hydroxyl groups excluding tert-OH is 3. The summed E-state index contributed by atoms with van der Waals surface area (Å²) < 4.78 is 0. The second-order valence-electron chi connectivity index (χ2n) is 4.57. The van der Waals surface area contributed by atoms with Gasteiger partial charge in [0.15, 0.2) is 0 Å². The summed E-state index contributed by atoms with van der Waals surface area (Å²) in [4.78, 5) is 0. The van der Waals surface area contributed by atoms with E-state index in [1.165, 1.54) is 16.7 Å². The summed E-state index contributed by atoms with van der Waals surface area (Å²) in [5, 5.41) is 22.7. The second kappa shape index (κ2) is 17.3. The zero-order valence-electron chi connectivity index (χ0n) is 14.5. The fourth-order valence-corrected chi connectivity index (χ4v) is 1.41. The van der Waals surface area contributed by atoms with E-state index in [2.05, 4.69) is 40.7 Å². The maximum atomic E-state index is 7.57. The first-order chi connectivity index (χ1) is 8.69. The molecule has 0 atom stereocenters. The average molecular weight is 365 g/mol. The summed E-state index contributed by atoms with van der Waals surface area (Å²) in [5.74, 6) is 0. The summed E-state index contributed by atoms with van der Waals surface area (Å²) in [6.07, 6.45) is 3.44. The second-order valence-corrected chi connectivity index (χ2v) is 4.57. The zero-order chi connectivity index (χ0) is 16.1. The van der Waals surface area contributed by atoms with Gasteiger partial charge in [-0.1, -0.05) is 33.1 Å². The molecule has 0 amide bonds. The van der Waals surface area contributed by atoms with Crippen molar-refractivity contribution < 1.29 is 41.5 Å². The van der Waals surface area contributed by atoms with Crippen LogP contribution in [0.3, 0.4) is 0 Å². The molecule has 0 aromatic rings. The zero-order valence-corrected chi connectivity index (χ0v) is 16.9. The average Bonchev–Trinajstić information content (AvgIpc) is 2.45. The minimum absolute atomic E-state index is 0. The van der Waals surface area contributed by atoms with Crippen molar-refractivity contribution in [3.63, 3.8) is 0 Å². The van der Waals surface area contributed by atoms with Gasteiger partial charge in [0, 0.05) is 46.0 Å². The first-order valence-electron chi connectivity index (χ1n) is 6.82. The molecule has 1 aliphatic rings. The molecule has 0 saturated heterocycles. The van der Waals surface area contributed by atoms with E-state index in [1.807, 2.05) is 0 Å². The third-order valence-electron chi connectivity index (χ3n) is 2.56. The molecule has 20 heavy (non-hydrogen) atoms. The van der Waals surface area contributed by atoms with Gasteiger partial charge in [0.25, 0.3) is 0 Å². The molecule has 120 valence electrons. The Morgan fingerprint density at radius 3 is 1.15 bits per heavy atom. The van der Waals surface area contributed by atoms with Gasteiger partial charge in [-0.2, -0.15) is 11.1 Å². The minimum Gasteiger partial charge on any atom is -0.397 e. The van der Waals surface area contributed by atoms with E-state index in [0.29, 0.717) is 0 Å². The fourth-order valence-electron chi connectivity index (χ4n) is 1.41. The van der Waals surface area contributed by atoms with Gasteiger partial charge < -0.3 is 15.3 Å². The molecule has 0 saturated carbocycles. The summed E-state index contributed by atoms with van der Waals surface area (Å²) in [5.41, 5.74) is 4.39. The summed E-state index contributed by atoms with van der Waals surface area (Å²) in [6.45, 7) is 16.7. The number of hydrogen-bond donors (Lipinski definition) is 3. The summed E-state index contributed by atoms with van der Waals surface area (Å²) >= 11 is 0. The van der Waals surface area contributed by atoms with Crippen molar-refractivity contribution in [3.05, 3.63) is 22.8 Å². The number of rotatable bonds is 0. The number of allylic oxidation sites excluding steroid dienone is 4. The van der Waals surface area contributed by atoms with E-state index >= 15 is 0 Å². The molecule has 0 bridgehead atoms. The topological polar surface area (TPSA) is 60.7 Å². The Labute approximate surface area is 144 Å². The van der Waals surface area contributed by atoms with Gasteiger partial charge in [-0.3, -0.25) is 6.08 Å². The molecule has 0 spiro atoms. The van der Waals surface area contributed by atoms with Crippen molar-refractivity contribution in [1.82, 2.24) is 0 Å². The van der Waals surface area contributed by atoms with E-state index in [4.69, 9.17) is 15.3 Å². The first kappa shape index (κ1) is 28.4. The van der Waals surface area contributed by atoms with E-state index in [1.54, 1.807) is 20.8 Å². The van der Waals surface area contributed by atoms with Crippen molar-refractivity contribution in [2.24, 2.45) is 5.41 Å². The molecule has 0 unspecified atom stereocenters. The molecule has 0 heterocycles. The van der Waals surface area contributed by atoms with Crippen LogP contribution >= 0.6 is 0 Å². The van der Waals surface area contributed by atoms with Crippen LogP contribution in [0.25, 0.3) is 0 Å². The van der Waals surface area contributed by atoms with E-state index in [0.717, 1.165) is 0 Å². The monoisotopic (exact) mass is 363 g/mol. The van der Waals surface area contributed by atoms with Crippen LogP contribution in [0.1, 0.15) is 55.4 Å². The van der Waals surface area contributed by atoms with Crippen molar-refractivity contribution in [1.29, 1.82) is 0 Å². The van der Waals surface area contributed by atoms with E-state index in [9.17, 15) is 0 Å². The van der Waals surface area contributed by atoms with Crippen molar-refractivity contribution >= 4 is 0 Å². The molecule has 0 aliphatic heterocycles. The first-order valence-corrected chi connectivity index (χ1v) is 6.82. The molecular weight excluding hydrogens is 331 g/mol. The van der Waals surface area contributed by atoms with Gasteiger partial charge in [0.2, 0.25) is 0 Å². The maximum Gasteiger partial charge on any atom is 0.0402 e. The third kappa shape index (κ3) is 14.6. The normalized spacial score (nSPS) is 14.4. The van der Waals surface area contributed by atoms with Gasteiger partial charge in [0.05, 0.1) is 0 Å². The molecule has 0 aromatic carbocycles. The van der Waals surface area contributed by atoms with Crippen molar-refractivity contribution in [2.45, 2.75) is 55.4 Å². The van der Waals surface area contributed by atoms with Gasteiger partial charge in [-0.25, -0.2) is 5.57 Å². The summed E-state index contributed by atoms with van der Waals surface area (Å²) in [7, 11) is 0. The molecule has 3 N–H and O–H groups in total. The van der Waals surface area contributed by atoms with Crippen LogP contribution in [-0.4, -0.2) is 35.1 Å². The Kier molecular flexibility index (Phi) is 24.6. The number of hydrogen-bond acceptors (Lipinski definition) is 3. The molecule has 0 fully saturated rings. The number of aliphatic hydroxyl groups is 3. The van der Waals surface area contributed by atoms with Crippen LogP contribution in [0.15, 0.2) is 16.7 Å². The standard InChI is InChI=1S/C10H15.3C2H6O.Zr/c1-7-6-10(4,5)9(3)8(7)2;3*1-2-3;/h1-5H3;3*3H,2H2,1H3;/q-1;;;;. The Bertz CT molecular complexity index is 264. The smallest absolute Gasteiger partial charge is 0.0402 e. The molecule has 3 nitrogen and oxygen atoms in total. The SMILES string of the molecule is CC1=[C-]C(C)(C)C(C)=C1C.CCO.CCO.CCO.[Zr]. The van der Waals surface area contributed by atoms with Crippen molar-refractivity contribution in [3.8, 4) is 0 Å². The Balaban J connectivity index is -0.000000108. The van der Waals surface area contributed by atoms with E-state index in [-0.39, 0.29) is 51.4 Å². The molecule has 1 rings (SSSR count). The van der Waals surface area contributed by atoms with Gasteiger partial charge in [-0.15, -0.1) is 6.92 Å². The largest absolute Gasteiger partial charge is 0.397 e. The van der Waals surface area contributed by atoms with Gasteiger partial charge in [-0.05, 0) is 20.8 Å². The van der Waals surface area contributed by atoms with Crippen LogP contribution in [-0.2, 0) is 26.2 Å². The molecule has 0 radical (unpaired) electrons. The van der Waals surface area contributed by atoms with Crippen LogP contribution < -0.4 is 0 Å². The minimum atomic E-state index is 0. The van der Waals surface area contributed by atoms with Gasteiger partial charge in [0.1, 0.15) is 0 Å². The molecular formula is C16H33O3Zr-. The van der Waals surface area contributed by atoms with Gasteiger partial charge >= 0.3 is 0 Å². The summed E-state index contributed by atoms with van der Waals surface area (Å²) in [6, 6.07) is 0. The molecule has 4 heteroatoms. The molecule has 1 aliphatic carbocycles. The quantitative estimate of drug-likeness (QED) is 0.579. The fraction of sp³-hybridized carbons (Fsp3) is 0.750. The maximum absolute atomic E-state index is 7.57.